The summed E-state index contributed by atoms with van der Waals surface area (Å²) in [5.74, 6) is 0.755. The Balaban J connectivity index is 1.18. The number of benzene rings is 2. The highest BCUT2D eigenvalue weighted by Gasteiger charge is 2.19. The van der Waals surface area contributed by atoms with Crippen molar-refractivity contribution in [2.45, 2.75) is 39.0 Å². The van der Waals surface area contributed by atoms with Crippen molar-refractivity contribution in [2.75, 3.05) is 13.1 Å². The Labute approximate surface area is 193 Å². The van der Waals surface area contributed by atoms with Crippen molar-refractivity contribution < 1.29 is 9.53 Å². The number of amides is 1. The second-order valence-electron chi connectivity index (χ2n) is 8.09. The first kappa shape index (κ1) is 22.2. The summed E-state index contributed by atoms with van der Waals surface area (Å²) in [5, 5.41) is 6.20. The normalized spacial score (nSPS) is 15.2. The van der Waals surface area contributed by atoms with Gasteiger partial charge < -0.3 is 10.1 Å². The van der Waals surface area contributed by atoms with Gasteiger partial charge >= 0.3 is 0 Å². The average molecular weight is 448 g/mol. The summed E-state index contributed by atoms with van der Waals surface area (Å²) < 4.78 is 5.77. The van der Waals surface area contributed by atoms with E-state index < -0.39 is 0 Å². The van der Waals surface area contributed by atoms with Crippen molar-refractivity contribution in [3.05, 3.63) is 87.9 Å². The van der Waals surface area contributed by atoms with Gasteiger partial charge in [0.1, 0.15) is 12.4 Å². The van der Waals surface area contributed by atoms with Gasteiger partial charge in [-0.05, 0) is 49.1 Å². The van der Waals surface area contributed by atoms with Gasteiger partial charge in [-0.1, -0.05) is 42.5 Å². The van der Waals surface area contributed by atoms with Crippen LogP contribution in [0, 0.1) is 6.92 Å². The van der Waals surface area contributed by atoms with Crippen LogP contribution in [0.5, 0.6) is 5.75 Å². The fourth-order valence-corrected chi connectivity index (χ4v) is 4.40. The predicted octanol–water partition coefficient (Wildman–Crippen LogP) is 4.82. The molecule has 2 heterocycles. The predicted molar refractivity (Wildman–Crippen MR) is 130 cm³/mol. The Morgan fingerprint density at radius 2 is 1.91 bits per heavy atom. The maximum absolute atomic E-state index is 12.3. The van der Waals surface area contributed by atoms with Gasteiger partial charge in [-0.2, -0.15) is 0 Å². The maximum atomic E-state index is 12.3. The molecule has 1 aromatic heterocycles. The van der Waals surface area contributed by atoms with E-state index in [9.17, 15) is 4.79 Å². The van der Waals surface area contributed by atoms with E-state index in [1.54, 1.807) is 17.4 Å². The molecule has 1 saturated heterocycles. The average Bonchev–Trinajstić information content (AvgIpc) is 3.24. The molecule has 1 amide bonds. The topological polar surface area (TPSA) is 54.5 Å². The first-order chi connectivity index (χ1) is 15.6. The van der Waals surface area contributed by atoms with E-state index in [2.05, 4.69) is 39.5 Å². The third-order valence-corrected chi connectivity index (χ3v) is 6.37. The Bertz CT molecular complexity index is 1020. The summed E-state index contributed by atoms with van der Waals surface area (Å²) >= 11 is 1.62. The smallest absolute Gasteiger partial charge is 0.244 e. The quantitative estimate of drug-likeness (QED) is 0.503. The largest absolute Gasteiger partial charge is 0.487 e. The molecule has 3 aromatic rings. The number of thiazole rings is 1. The second-order valence-corrected chi connectivity index (χ2v) is 9.16. The number of nitrogens with one attached hydrogen (secondary N) is 1. The van der Waals surface area contributed by atoms with Crippen LogP contribution in [-0.4, -0.2) is 34.9 Å². The summed E-state index contributed by atoms with van der Waals surface area (Å²) in [6.07, 6.45) is 5.42. The van der Waals surface area contributed by atoms with E-state index in [1.807, 2.05) is 48.7 Å². The molecule has 1 fully saturated rings. The highest BCUT2D eigenvalue weighted by atomic mass is 32.1. The molecule has 6 heteroatoms. The van der Waals surface area contributed by atoms with Gasteiger partial charge in [-0.25, -0.2) is 4.98 Å². The molecule has 4 rings (SSSR count). The zero-order valence-corrected chi connectivity index (χ0v) is 19.2. The molecule has 0 spiro atoms. The highest BCUT2D eigenvalue weighted by Crippen LogP contribution is 2.17. The number of carbonyl (C=O) groups excluding carboxylic acids is 1. The van der Waals surface area contributed by atoms with Crippen LogP contribution in [0.25, 0.3) is 6.08 Å². The summed E-state index contributed by atoms with van der Waals surface area (Å²) in [6, 6.07) is 18.5. The minimum Gasteiger partial charge on any atom is -0.487 e. The number of nitrogens with zero attached hydrogens (tertiary/aromatic N) is 2. The molecule has 0 unspecified atom stereocenters. The number of piperidine rings is 1. The van der Waals surface area contributed by atoms with Crippen LogP contribution < -0.4 is 10.1 Å². The number of carbonyl (C=O) groups is 1. The van der Waals surface area contributed by atoms with E-state index in [4.69, 9.17) is 4.74 Å². The summed E-state index contributed by atoms with van der Waals surface area (Å²) in [5.41, 5.74) is 3.25. The molecule has 5 nitrogen and oxygen atoms in total. The molecular weight excluding hydrogens is 418 g/mol. The number of hydrogen-bond donors (Lipinski definition) is 1. The monoisotopic (exact) mass is 447 g/mol. The van der Waals surface area contributed by atoms with E-state index >= 15 is 0 Å². The van der Waals surface area contributed by atoms with Crippen LogP contribution in [0.1, 0.15) is 34.7 Å². The van der Waals surface area contributed by atoms with Gasteiger partial charge in [0.2, 0.25) is 5.91 Å². The number of hydrogen-bond acceptors (Lipinski definition) is 5. The van der Waals surface area contributed by atoms with Gasteiger partial charge in [0.05, 0.1) is 10.7 Å². The van der Waals surface area contributed by atoms with Crippen LogP contribution in [0.15, 0.2) is 66.1 Å². The molecule has 1 aliphatic rings. The Morgan fingerprint density at radius 1 is 1.16 bits per heavy atom. The lowest BCUT2D eigenvalue weighted by Gasteiger charge is -2.32. The molecule has 32 heavy (non-hydrogen) atoms. The molecule has 0 bridgehead atoms. The number of rotatable bonds is 8. The van der Waals surface area contributed by atoms with E-state index in [0.29, 0.717) is 6.61 Å². The number of aryl methyl sites for hydroxylation is 1. The number of likely N-dealkylation sites (tertiary alicyclic amines) is 1. The molecular formula is C26H29N3O2S. The molecule has 0 radical (unpaired) electrons. The lowest BCUT2D eigenvalue weighted by atomic mass is 10.0. The van der Waals surface area contributed by atoms with E-state index in [1.165, 1.54) is 5.56 Å². The van der Waals surface area contributed by atoms with Crippen LogP contribution in [-0.2, 0) is 17.9 Å². The fraction of sp³-hybridized carbons (Fsp3) is 0.308. The van der Waals surface area contributed by atoms with Crippen LogP contribution >= 0.6 is 11.3 Å². The molecule has 1 aliphatic heterocycles. The lowest BCUT2D eigenvalue weighted by molar-refractivity contribution is -0.117. The zero-order chi connectivity index (χ0) is 22.2. The van der Waals surface area contributed by atoms with Gasteiger partial charge in [0, 0.05) is 37.1 Å². The van der Waals surface area contributed by atoms with Gasteiger partial charge in [0.25, 0.3) is 0 Å². The first-order valence-corrected chi connectivity index (χ1v) is 11.9. The van der Waals surface area contributed by atoms with Crippen LogP contribution in [0.2, 0.25) is 0 Å². The van der Waals surface area contributed by atoms with Crippen molar-refractivity contribution in [3.8, 4) is 5.75 Å². The molecule has 166 valence electrons. The van der Waals surface area contributed by atoms with E-state index in [0.717, 1.165) is 54.5 Å². The highest BCUT2D eigenvalue weighted by molar-refractivity contribution is 7.09. The SMILES string of the molecule is Cc1nc(COc2ccc(/C=C/C(=O)NC3CCN(Cc4ccccc4)CC3)cc2)cs1. The van der Waals surface area contributed by atoms with Crippen molar-refractivity contribution in [1.29, 1.82) is 0 Å². The van der Waals surface area contributed by atoms with Crippen molar-refractivity contribution >= 4 is 23.3 Å². The first-order valence-electron chi connectivity index (χ1n) is 11.0. The fourth-order valence-electron chi connectivity index (χ4n) is 3.81. The summed E-state index contributed by atoms with van der Waals surface area (Å²) in [4.78, 5) is 19.2. The van der Waals surface area contributed by atoms with Gasteiger partial charge in [-0.3, -0.25) is 9.69 Å². The minimum atomic E-state index is -0.0364. The molecule has 0 aliphatic carbocycles. The zero-order valence-electron chi connectivity index (χ0n) is 18.4. The van der Waals surface area contributed by atoms with Crippen LogP contribution in [0.3, 0.4) is 0 Å². The second kappa shape index (κ2) is 11.1. The third kappa shape index (κ3) is 6.77. The summed E-state index contributed by atoms with van der Waals surface area (Å²) in [6.45, 7) is 5.44. The van der Waals surface area contributed by atoms with Crippen molar-refractivity contribution in [1.82, 2.24) is 15.2 Å². The van der Waals surface area contributed by atoms with Crippen molar-refractivity contribution in [3.63, 3.8) is 0 Å². The summed E-state index contributed by atoms with van der Waals surface area (Å²) in [7, 11) is 0. The lowest BCUT2D eigenvalue weighted by Crippen LogP contribution is -2.43. The minimum absolute atomic E-state index is 0.0364. The standard InChI is InChI=1S/C26H29N3O2S/c1-20-27-24(19-32-20)18-31-25-10-7-21(8-11-25)9-12-26(30)28-23-13-15-29(16-14-23)17-22-5-3-2-4-6-22/h2-12,19,23H,13-18H2,1H3,(H,28,30)/b12-9+. The molecule has 2 aromatic carbocycles. The number of ether oxygens (including phenoxy) is 1. The molecule has 1 N–H and O–H groups in total. The Morgan fingerprint density at radius 3 is 2.59 bits per heavy atom. The third-order valence-electron chi connectivity index (χ3n) is 5.54. The Hall–Kier alpha value is -2.96. The van der Waals surface area contributed by atoms with Gasteiger partial charge in [0.15, 0.2) is 0 Å². The maximum Gasteiger partial charge on any atom is 0.244 e. The van der Waals surface area contributed by atoms with Crippen molar-refractivity contribution in [2.24, 2.45) is 0 Å². The van der Waals surface area contributed by atoms with Crippen LogP contribution in [0.4, 0.5) is 0 Å². The number of aromatic nitrogens is 1. The molecule has 0 saturated carbocycles. The molecule has 0 atom stereocenters. The Kier molecular flexibility index (Phi) is 7.69. The van der Waals surface area contributed by atoms with Gasteiger partial charge in [-0.15, -0.1) is 11.3 Å². The van der Waals surface area contributed by atoms with E-state index in [-0.39, 0.29) is 11.9 Å².